The van der Waals surface area contributed by atoms with Crippen molar-refractivity contribution in [3.8, 4) is 0 Å². The van der Waals surface area contributed by atoms with Gasteiger partial charge in [-0.1, -0.05) is 30.3 Å². The van der Waals surface area contributed by atoms with Crippen LogP contribution in [0.5, 0.6) is 0 Å². The minimum atomic E-state index is 0.474. The fourth-order valence-corrected chi connectivity index (χ4v) is 7.34. The van der Waals surface area contributed by atoms with E-state index in [4.69, 9.17) is 4.42 Å². The van der Waals surface area contributed by atoms with Crippen molar-refractivity contribution in [2.75, 3.05) is 5.32 Å². The van der Waals surface area contributed by atoms with Gasteiger partial charge in [0.05, 0.1) is 0 Å². The molecule has 4 aliphatic carbocycles. The zero-order valence-electron chi connectivity index (χ0n) is 17.2. The second kappa shape index (κ2) is 6.14. The molecule has 1 heterocycles. The summed E-state index contributed by atoms with van der Waals surface area (Å²) in [5, 5.41) is 5.95. The Kier molecular flexibility index (Phi) is 3.48. The van der Waals surface area contributed by atoms with Gasteiger partial charge < -0.3 is 9.73 Å². The van der Waals surface area contributed by atoms with Gasteiger partial charge in [0.2, 0.25) is 0 Å². The zero-order chi connectivity index (χ0) is 19.7. The number of fused-ring (bicyclic) bond motifs is 3. The van der Waals surface area contributed by atoms with Crippen LogP contribution in [0.25, 0.3) is 21.9 Å². The number of benzene rings is 3. The summed E-state index contributed by atoms with van der Waals surface area (Å²) in [6.07, 6.45) is 8.79. The van der Waals surface area contributed by atoms with E-state index in [2.05, 4.69) is 59.9 Å². The van der Waals surface area contributed by atoms with Gasteiger partial charge in [-0.15, -0.1) is 0 Å². The Hall–Kier alpha value is -2.74. The molecule has 0 unspecified atom stereocenters. The first-order chi connectivity index (χ1) is 14.7. The third-order valence-electron chi connectivity index (χ3n) is 8.20. The lowest BCUT2D eigenvalue weighted by Crippen LogP contribution is -2.48. The number of para-hydroxylation sites is 1. The van der Waals surface area contributed by atoms with E-state index in [-0.39, 0.29) is 0 Å². The normalized spacial score (nSPS) is 29.7. The Bertz CT molecular complexity index is 1210. The molecular formula is C28H27NO. The summed E-state index contributed by atoms with van der Waals surface area (Å²) in [6, 6.07) is 24.0. The second-order valence-corrected chi connectivity index (χ2v) is 10.2. The van der Waals surface area contributed by atoms with Crippen LogP contribution in [0.1, 0.15) is 44.1 Å². The van der Waals surface area contributed by atoms with Gasteiger partial charge in [-0.3, -0.25) is 0 Å². The predicted molar refractivity (Wildman–Crippen MR) is 123 cm³/mol. The van der Waals surface area contributed by atoms with Crippen LogP contribution in [0.15, 0.2) is 71.1 Å². The van der Waals surface area contributed by atoms with Gasteiger partial charge in [0, 0.05) is 22.1 Å². The SMILES string of the molecule is c1ccc2c(c1)oc1ccc(Nc3ccc(C45CC6CC(CC(C6)C4)C5)cc3)cc12. The molecule has 4 bridgehead atoms. The zero-order valence-corrected chi connectivity index (χ0v) is 17.2. The molecule has 0 saturated heterocycles. The lowest BCUT2D eigenvalue weighted by Gasteiger charge is -2.57. The fourth-order valence-electron chi connectivity index (χ4n) is 7.34. The van der Waals surface area contributed by atoms with E-state index in [0.29, 0.717) is 5.41 Å². The Labute approximate surface area is 177 Å². The standard InChI is InChI=1S/C28H27NO/c1-2-4-26-24(3-1)25-14-23(9-10-27(25)30-26)29-22-7-5-21(6-8-22)28-15-18-11-19(16-28)13-20(12-18)17-28/h1-10,14,18-20,29H,11-13,15-17H2. The molecule has 0 radical (unpaired) electrons. The highest BCUT2D eigenvalue weighted by atomic mass is 16.3. The Balaban J connectivity index is 1.18. The van der Waals surface area contributed by atoms with Gasteiger partial charge in [-0.2, -0.15) is 0 Å². The van der Waals surface area contributed by atoms with Crippen molar-refractivity contribution in [1.29, 1.82) is 0 Å². The van der Waals surface area contributed by atoms with Crippen molar-refractivity contribution >= 4 is 33.3 Å². The van der Waals surface area contributed by atoms with Crippen LogP contribution >= 0.6 is 0 Å². The minimum absolute atomic E-state index is 0.474. The minimum Gasteiger partial charge on any atom is -0.456 e. The second-order valence-electron chi connectivity index (χ2n) is 10.2. The number of hydrogen-bond donors (Lipinski definition) is 1. The summed E-state index contributed by atoms with van der Waals surface area (Å²) in [5.74, 6) is 2.97. The van der Waals surface area contributed by atoms with Gasteiger partial charge >= 0.3 is 0 Å². The van der Waals surface area contributed by atoms with Crippen molar-refractivity contribution in [3.63, 3.8) is 0 Å². The van der Waals surface area contributed by atoms with Crippen molar-refractivity contribution in [3.05, 3.63) is 72.3 Å². The quantitative estimate of drug-likeness (QED) is 0.384. The molecule has 0 spiro atoms. The highest BCUT2D eigenvalue weighted by Crippen LogP contribution is 2.60. The summed E-state index contributed by atoms with van der Waals surface area (Å²) in [6.45, 7) is 0. The molecule has 4 aliphatic rings. The fraction of sp³-hybridized carbons (Fsp3) is 0.357. The Morgan fingerprint density at radius 1 is 0.667 bits per heavy atom. The highest BCUT2D eigenvalue weighted by molar-refractivity contribution is 6.06. The van der Waals surface area contributed by atoms with Crippen LogP contribution < -0.4 is 5.32 Å². The topological polar surface area (TPSA) is 25.2 Å². The van der Waals surface area contributed by atoms with Crippen LogP contribution in [0.4, 0.5) is 11.4 Å². The number of anilines is 2. The molecule has 4 aromatic rings. The maximum absolute atomic E-state index is 5.96. The van der Waals surface area contributed by atoms with Crippen molar-refractivity contribution in [1.82, 2.24) is 0 Å². The first kappa shape index (κ1) is 17.0. The highest BCUT2D eigenvalue weighted by Gasteiger charge is 2.51. The summed E-state index contributed by atoms with van der Waals surface area (Å²) in [7, 11) is 0. The number of hydrogen-bond acceptors (Lipinski definition) is 2. The first-order valence-electron chi connectivity index (χ1n) is 11.5. The van der Waals surface area contributed by atoms with E-state index in [1.807, 2.05) is 12.1 Å². The molecule has 2 nitrogen and oxygen atoms in total. The lowest BCUT2D eigenvalue weighted by atomic mass is 9.48. The molecule has 0 amide bonds. The van der Waals surface area contributed by atoms with Gasteiger partial charge in [-0.05, 0) is 104 Å². The molecule has 8 rings (SSSR count). The molecule has 30 heavy (non-hydrogen) atoms. The average Bonchev–Trinajstić information content (AvgIpc) is 3.11. The van der Waals surface area contributed by atoms with Gasteiger partial charge in [0.1, 0.15) is 11.2 Å². The van der Waals surface area contributed by atoms with Crippen LogP contribution in [-0.2, 0) is 5.41 Å². The smallest absolute Gasteiger partial charge is 0.135 e. The largest absolute Gasteiger partial charge is 0.456 e. The van der Waals surface area contributed by atoms with E-state index in [1.54, 1.807) is 5.56 Å². The summed E-state index contributed by atoms with van der Waals surface area (Å²) >= 11 is 0. The van der Waals surface area contributed by atoms with Crippen molar-refractivity contribution in [2.24, 2.45) is 17.8 Å². The van der Waals surface area contributed by atoms with E-state index in [9.17, 15) is 0 Å². The molecule has 4 fully saturated rings. The molecule has 2 heteroatoms. The average molecular weight is 394 g/mol. The maximum atomic E-state index is 5.96. The van der Waals surface area contributed by atoms with Crippen molar-refractivity contribution in [2.45, 2.75) is 43.9 Å². The third kappa shape index (κ3) is 2.56. The van der Waals surface area contributed by atoms with Crippen LogP contribution in [0.2, 0.25) is 0 Å². The number of nitrogens with one attached hydrogen (secondary N) is 1. The molecule has 1 aromatic heterocycles. The molecule has 3 aromatic carbocycles. The van der Waals surface area contributed by atoms with E-state index >= 15 is 0 Å². The van der Waals surface area contributed by atoms with E-state index in [1.165, 1.54) is 49.3 Å². The van der Waals surface area contributed by atoms with E-state index in [0.717, 1.165) is 40.3 Å². The first-order valence-corrected chi connectivity index (χ1v) is 11.5. The Morgan fingerprint density at radius 3 is 2.03 bits per heavy atom. The third-order valence-corrected chi connectivity index (χ3v) is 8.20. The van der Waals surface area contributed by atoms with Crippen molar-refractivity contribution < 1.29 is 4.42 Å². The van der Waals surface area contributed by atoms with E-state index < -0.39 is 0 Å². The number of rotatable bonds is 3. The summed E-state index contributed by atoms with van der Waals surface area (Å²) in [4.78, 5) is 0. The molecule has 0 atom stereocenters. The maximum Gasteiger partial charge on any atom is 0.135 e. The number of furan rings is 1. The van der Waals surface area contributed by atoms with Crippen LogP contribution in [-0.4, -0.2) is 0 Å². The predicted octanol–water partition coefficient (Wildman–Crippen LogP) is 7.80. The van der Waals surface area contributed by atoms with Gasteiger partial charge in [0.25, 0.3) is 0 Å². The molecule has 150 valence electrons. The molecule has 1 N–H and O–H groups in total. The molecule has 4 saturated carbocycles. The molecular weight excluding hydrogens is 366 g/mol. The summed E-state index contributed by atoms with van der Waals surface area (Å²) in [5.41, 5.74) is 6.22. The molecule has 0 aliphatic heterocycles. The van der Waals surface area contributed by atoms with Gasteiger partial charge in [0.15, 0.2) is 0 Å². The monoisotopic (exact) mass is 393 g/mol. The lowest BCUT2D eigenvalue weighted by molar-refractivity contribution is -0.00518. The van der Waals surface area contributed by atoms with Crippen LogP contribution in [0, 0.1) is 17.8 Å². The van der Waals surface area contributed by atoms with Gasteiger partial charge in [-0.25, -0.2) is 0 Å². The Morgan fingerprint density at radius 2 is 1.30 bits per heavy atom. The summed E-state index contributed by atoms with van der Waals surface area (Å²) < 4.78 is 5.96. The van der Waals surface area contributed by atoms with Crippen LogP contribution in [0.3, 0.4) is 0 Å².